The molecule has 2 rings (SSSR count). The molecule has 0 amide bonds. The summed E-state index contributed by atoms with van der Waals surface area (Å²) < 4.78 is 4.88. The monoisotopic (exact) mass is 222 g/mol. The molecule has 0 saturated heterocycles. The maximum atomic E-state index is 11.6. The van der Waals surface area contributed by atoms with Crippen LogP contribution in [0.5, 0.6) is 0 Å². The molecule has 1 unspecified atom stereocenters. The number of hydrogen-bond donors (Lipinski definition) is 0. The molecular formula is C14H22O2. The first-order valence-electron chi connectivity index (χ1n) is 6.34. The second kappa shape index (κ2) is 4.23. The fourth-order valence-electron chi connectivity index (χ4n) is 3.29. The van der Waals surface area contributed by atoms with Gasteiger partial charge in [-0.15, -0.1) is 0 Å². The van der Waals surface area contributed by atoms with Gasteiger partial charge in [0.05, 0.1) is 13.0 Å². The van der Waals surface area contributed by atoms with Gasteiger partial charge in [-0.25, -0.2) is 0 Å². The van der Waals surface area contributed by atoms with Crippen LogP contribution in [-0.2, 0) is 9.53 Å². The van der Waals surface area contributed by atoms with Crippen LogP contribution in [0.2, 0.25) is 0 Å². The minimum atomic E-state index is -0.0204. The third-order valence-electron chi connectivity index (χ3n) is 4.30. The molecular weight excluding hydrogens is 200 g/mol. The Balaban J connectivity index is 2.20. The van der Waals surface area contributed by atoms with Gasteiger partial charge in [-0.3, -0.25) is 4.79 Å². The van der Waals surface area contributed by atoms with Gasteiger partial charge in [0.2, 0.25) is 0 Å². The van der Waals surface area contributed by atoms with Crippen molar-refractivity contribution in [3.8, 4) is 0 Å². The summed E-state index contributed by atoms with van der Waals surface area (Å²) in [6.07, 6.45) is 6.87. The minimum Gasteiger partial charge on any atom is -0.469 e. The summed E-state index contributed by atoms with van der Waals surface area (Å²) in [4.78, 5) is 11.6. The van der Waals surface area contributed by atoms with Crippen molar-refractivity contribution in [1.82, 2.24) is 0 Å². The van der Waals surface area contributed by atoms with Crippen LogP contribution in [0.15, 0.2) is 11.1 Å². The quantitative estimate of drug-likeness (QED) is 0.501. The van der Waals surface area contributed by atoms with E-state index in [-0.39, 0.29) is 11.9 Å². The molecule has 0 aromatic carbocycles. The van der Waals surface area contributed by atoms with Crippen molar-refractivity contribution in [2.75, 3.05) is 7.11 Å². The molecule has 0 N–H and O–H groups in total. The highest BCUT2D eigenvalue weighted by Crippen LogP contribution is 2.47. The Labute approximate surface area is 98.1 Å². The maximum Gasteiger partial charge on any atom is 0.308 e. The van der Waals surface area contributed by atoms with Crippen molar-refractivity contribution in [2.45, 2.75) is 52.4 Å². The topological polar surface area (TPSA) is 26.3 Å². The van der Waals surface area contributed by atoms with E-state index >= 15 is 0 Å². The van der Waals surface area contributed by atoms with E-state index in [1.807, 2.05) is 0 Å². The van der Waals surface area contributed by atoms with Gasteiger partial charge in [0.15, 0.2) is 0 Å². The molecule has 0 heterocycles. The summed E-state index contributed by atoms with van der Waals surface area (Å²) >= 11 is 0. The summed E-state index contributed by atoms with van der Waals surface area (Å²) in [7, 11) is 1.50. The van der Waals surface area contributed by atoms with Crippen molar-refractivity contribution < 1.29 is 9.53 Å². The summed E-state index contributed by atoms with van der Waals surface area (Å²) in [5.74, 6) is 0.0917. The van der Waals surface area contributed by atoms with E-state index in [4.69, 9.17) is 4.74 Å². The van der Waals surface area contributed by atoms with Crippen LogP contribution in [0.4, 0.5) is 0 Å². The van der Waals surface area contributed by atoms with Crippen LogP contribution in [0.1, 0.15) is 52.4 Å². The lowest BCUT2D eigenvalue weighted by molar-refractivity contribution is -0.145. The lowest BCUT2D eigenvalue weighted by Crippen LogP contribution is -2.29. The molecule has 1 atom stereocenters. The molecule has 0 aliphatic heterocycles. The van der Waals surface area contributed by atoms with Crippen LogP contribution < -0.4 is 0 Å². The SMILES string of the molecule is COC(=O)C1CCC2=C(C1)C(C)(C)CCC2. The van der Waals surface area contributed by atoms with Crippen molar-refractivity contribution in [2.24, 2.45) is 11.3 Å². The van der Waals surface area contributed by atoms with Crippen LogP contribution in [0.25, 0.3) is 0 Å². The average molecular weight is 222 g/mol. The molecule has 16 heavy (non-hydrogen) atoms. The lowest BCUT2D eigenvalue weighted by Gasteiger charge is -2.39. The Hall–Kier alpha value is -0.790. The first-order valence-corrected chi connectivity index (χ1v) is 6.34. The third-order valence-corrected chi connectivity index (χ3v) is 4.30. The summed E-state index contributed by atoms with van der Waals surface area (Å²) in [6.45, 7) is 4.64. The molecule has 0 saturated carbocycles. The maximum absolute atomic E-state index is 11.6. The van der Waals surface area contributed by atoms with Crippen LogP contribution in [0, 0.1) is 11.3 Å². The predicted octanol–water partition coefficient (Wildman–Crippen LogP) is 3.47. The molecule has 2 aliphatic rings. The van der Waals surface area contributed by atoms with Gasteiger partial charge in [-0.1, -0.05) is 25.0 Å². The van der Waals surface area contributed by atoms with Crippen LogP contribution in [-0.4, -0.2) is 13.1 Å². The molecule has 0 fully saturated rings. The Kier molecular flexibility index (Phi) is 3.09. The number of allylic oxidation sites excluding steroid dienone is 2. The molecule has 0 aromatic heterocycles. The van der Waals surface area contributed by atoms with E-state index in [0.29, 0.717) is 5.41 Å². The average Bonchev–Trinajstić information content (AvgIpc) is 2.27. The highest BCUT2D eigenvalue weighted by molar-refractivity contribution is 5.73. The van der Waals surface area contributed by atoms with Gasteiger partial charge in [-0.2, -0.15) is 0 Å². The van der Waals surface area contributed by atoms with Crippen molar-refractivity contribution in [1.29, 1.82) is 0 Å². The Morgan fingerprint density at radius 1 is 1.38 bits per heavy atom. The van der Waals surface area contributed by atoms with Gasteiger partial charge in [0.1, 0.15) is 0 Å². The second-order valence-electron chi connectivity index (χ2n) is 5.78. The normalized spacial score (nSPS) is 28.6. The number of methoxy groups -OCH3 is 1. The molecule has 0 radical (unpaired) electrons. The van der Waals surface area contributed by atoms with Crippen molar-refractivity contribution in [3.05, 3.63) is 11.1 Å². The Morgan fingerprint density at radius 3 is 2.81 bits per heavy atom. The van der Waals surface area contributed by atoms with E-state index in [2.05, 4.69) is 13.8 Å². The Bertz CT molecular complexity index is 326. The van der Waals surface area contributed by atoms with Crippen molar-refractivity contribution >= 4 is 5.97 Å². The standard InChI is InChI=1S/C14H22O2/c1-14(2)8-4-5-10-6-7-11(9-12(10)14)13(15)16-3/h11H,4-9H2,1-3H3. The number of hydrogen-bond acceptors (Lipinski definition) is 2. The van der Waals surface area contributed by atoms with Gasteiger partial charge in [0, 0.05) is 0 Å². The first-order chi connectivity index (χ1) is 7.54. The lowest BCUT2D eigenvalue weighted by atomic mass is 9.66. The third kappa shape index (κ3) is 2.02. The largest absolute Gasteiger partial charge is 0.469 e. The molecule has 0 spiro atoms. The number of rotatable bonds is 1. The van der Waals surface area contributed by atoms with E-state index < -0.39 is 0 Å². The van der Waals surface area contributed by atoms with E-state index in [1.54, 1.807) is 11.1 Å². The summed E-state index contributed by atoms with van der Waals surface area (Å²) in [5, 5.41) is 0. The zero-order valence-corrected chi connectivity index (χ0v) is 10.6. The number of carbonyl (C=O) groups is 1. The summed E-state index contributed by atoms with van der Waals surface area (Å²) in [5.41, 5.74) is 3.50. The zero-order chi connectivity index (χ0) is 11.8. The smallest absolute Gasteiger partial charge is 0.308 e. The highest BCUT2D eigenvalue weighted by Gasteiger charge is 2.36. The first kappa shape index (κ1) is 11.7. The van der Waals surface area contributed by atoms with Gasteiger partial charge >= 0.3 is 5.97 Å². The van der Waals surface area contributed by atoms with Crippen LogP contribution >= 0.6 is 0 Å². The second-order valence-corrected chi connectivity index (χ2v) is 5.78. The fraction of sp³-hybridized carbons (Fsp3) is 0.786. The van der Waals surface area contributed by atoms with E-state index in [0.717, 1.165) is 19.3 Å². The molecule has 0 aromatic rings. The van der Waals surface area contributed by atoms with Gasteiger partial charge < -0.3 is 4.74 Å². The summed E-state index contributed by atoms with van der Waals surface area (Å²) in [6, 6.07) is 0. The van der Waals surface area contributed by atoms with E-state index in [9.17, 15) is 4.79 Å². The van der Waals surface area contributed by atoms with Crippen molar-refractivity contribution in [3.63, 3.8) is 0 Å². The molecule has 2 aliphatic carbocycles. The number of carbonyl (C=O) groups excluding carboxylic acids is 1. The Morgan fingerprint density at radius 2 is 2.12 bits per heavy atom. The molecule has 90 valence electrons. The zero-order valence-electron chi connectivity index (χ0n) is 10.6. The number of esters is 1. The van der Waals surface area contributed by atoms with Gasteiger partial charge in [0.25, 0.3) is 0 Å². The fourth-order valence-corrected chi connectivity index (χ4v) is 3.29. The minimum absolute atomic E-state index is 0.0204. The van der Waals surface area contributed by atoms with Gasteiger partial charge in [-0.05, 0) is 43.9 Å². The molecule has 2 nitrogen and oxygen atoms in total. The van der Waals surface area contributed by atoms with E-state index in [1.165, 1.54) is 26.4 Å². The molecule has 0 bridgehead atoms. The van der Waals surface area contributed by atoms with Crippen LogP contribution in [0.3, 0.4) is 0 Å². The highest BCUT2D eigenvalue weighted by atomic mass is 16.5. The number of ether oxygens (including phenoxy) is 1. The predicted molar refractivity (Wildman–Crippen MR) is 64.0 cm³/mol. The molecule has 2 heteroatoms.